The highest BCUT2D eigenvalue weighted by atomic mass is 32.2. The van der Waals surface area contributed by atoms with Crippen molar-refractivity contribution < 1.29 is 0 Å². The molecule has 0 amide bonds. The van der Waals surface area contributed by atoms with Gasteiger partial charge in [0.05, 0.1) is 0 Å². The average molecular weight is 305 g/mol. The van der Waals surface area contributed by atoms with E-state index >= 15 is 0 Å². The summed E-state index contributed by atoms with van der Waals surface area (Å²) in [6.07, 6.45) is 7.72. The van der Waals surface area contributed by atoms with Gasteiger partial charge in [-0.3, -0.25) is 4.90 Å². The number of benzene rings is 1. The van der Waals surface area contributed by atoms with Crippen molar-refractivity contribution in [2.24, 2.45) is 0 Å². The molecule has 1 saturated carbocycles. The second kappa shape index (κ2) is 7.17. The van der Waals surface area contributed by atoms with Crippen LogP contribution >= 0.6 is 11.8 Å². The largest absolute Gasteiger partial charge is 0.307 e. The fourth-order valence-electron chi connectivity index (χ4n) is 3.99. The van der Waals surface area contributed by atoms with Crippen LogP contribution in [0.15, 0.2) is 30.3 Å². The third kappa shape index (κ3) is 3.46. The number of rotatable bonds is 4. The van der Waals surface area contributed by atoms with Gasteiger partial charge in [0.15, 0.2) is 0 Å². The Morgan fingerprint density at radius 3 is 2.71 bits per heavy atom. The molecule has 4 unspecified atom stereocenters. The van der Waals surface area contributed by atoms with Gasteiger partial charge < -0.3 is 5.32 Å². The van der Waals surface area contributed by atoms with Crippen LogP contribution in [0.1, 0.15) is 44.2 Å². The van der Waals surface area contributed by atoms with Crippen molar-refractivity contribution in [3.63, 3.8) is 0 Å². The molecule has 1 aliphatic carbocycles. The van der Waals surface area contributed by atoms with Crippen LogP contribution < -0.4 is 5.32 Å². The first-order chi connectivity index (χ1) is 10.3. The zero-order valence-electron chi connectivity index (χ0n) is 13.3. The van der Waals surface area contributed by atoms with Gasteiger partial charge in [0.1, 0.15) is 0 Å². The van der Waals surface area contributed by atoms with Crippen LogP contribution in [0.5, 0.6) is 0 Å². The highest BCUT2D eigenvalue weighted by molar-refractivity contribution is 7.99. The SMILES string of the molecule is CCC1CNC(c2ccccc2)CN1C1CCC(SC)C1. The molecule has 1 heterocycles. The molecule has 2 nitrogen and oxygen atoms in total. The second-order valence-corrected chi connectivity index (χ2v) is 7.59. The van der Waals surface area contributed by atoms with Crippen LogP contribution in [0.3, 0.4) is 0 Å². The molecule has 3 rings (SSSR count). The Labute approximate surface area is 133 Å². The lowest BCUT2D eigenvalue weighted by Crippen LogP contribution is -2.55. The summed E-state index contributed by atoms with van der Waals surface area (Å²) in [5.41, 5.74) is 1.44. The van der Waals surface area contributed by atoms with E-state index < -0.39 is 0 Å². The number of thioether (sulfide) groups is 1. The average Bonchev–Trinajstić information content (AvgIpc) is 3.04. The van der Waals surface area contributed by atoms with Gasteiger partial charge in [0.2, 0.25) is 0 Å². The van der Waals surface area contributed by atoms with Crippen LogP contribution in [0.4, 0.5) is 0 Å². The molecule has 0 radical (unpaired) electrons. The van der Waals surface area contributed by atoms with Crippen LogP contribution in [0.2, 0.25) is 0 Å². The predicted octanol–water partition coefficient (Wildman–Crippen LogP) is 3.70. The summed E-state index contributed by atoms with van der Waals surface area (Å²) in [7, 11) is 0. The zero-order chi connectivity index (χ0) is 14.7. The highest BCUT2D eigenvalue weighted by Crippen LogP contribution is 2.34. The number of piperazine rings is 1. The van der Waals surface area contributed by atoms with Gasteiger partial charge in [-0.2, -0.15) is 11.8 Å². The molecule has 0 bridgehead atoms. The van der Waals surface area contributed by atoms with E-state index in [1.54, 1.807) is 0 Å². The summed E-state index contributed by atoms with van der Waals surface area (Å²) >= 11 is 2.06. The van der Waals surface area contributed by atoms with Gasteiger partial charge in [-0.15, -0.1) is 0 Å². The lowest BCUT2D eigenvalue weighted by molar-refractivity contribution is 0.0811. The topological polar surface area (TPSA) is 15.3 Å². The Morgan fingerprint density at radius 2 is 2.05 bits per heavy atom. The number of nitrogens with zero attached hydrogens (tertiary/aromatic N) is 1. The molecule has 4 atom stereocenters. The molecule has 116 valence electrons. The lowest BCUT2D eigenvalue weighted by atomic mass is 9.98. The van der Waals surface area contributed by atoms with Gasteiger partial charge in [0, 0.05) is 36.5 Å². The van der Waals surface area contributed by atoms with Crippen LogP contribution in [0, 0.1) is 0 Å². The highest BCUT2D eigenvalue weighted by Gasteiger charge is 2.36. The fourth-order valence-corrected chi connectivity index (χ4v) is 4.77. The zero-order valence-corrected chi connectivity index (χ0v) is 14.1. The minimum Gasteiger partial charge on any atom is -0.307 e. The Bertz CT molecular complexity index is 436. The van der Waals surface area contributed by atoms with Gasteiger partial charge in [-0.1, -0.05) is 37.3 Å². The van der Waals surface area contributed by atoms with Gasteiger partial charge in [0.25, 0.3) is 0 Å². The molecule has 1 N–H and O–H groups in total. The van der Waals surface area contributed by atoms with E-state index in [1.807, 2.05) is 0 Å². The van der Waals surface area contributed by atoms with E-state index in [9.17, 15) is 0 Å². The van der Waals surface area contributed by atoms with E-state index in [-0.39, 0.29) is 0 Å². The van der Waals surface area contributed by atoms with E-state index in [1.165, 1.54) is 37.8 Å². The molecule has 21 heavy (non-hydrogen) atoms. The van der Waals surface area contributed by atoms with Crippen molar-refractivity contribution in [2.75, 3.05) is 19.3 Å². The van der Waals surface area contributed by atoms with Gasteiger partial charge in [-0.05, 0) is 37.5 Å². The second-order valence-electron chi connectivity index (χ2n) is 6.45. The Balaban J connectivity index is 1.70. The Morgan fingerprint density at radius 1 is 1.24 bits per heavy atom. The molecule has 0 spiro atoms. The van der Waals surface area contributed by atoms with Crippen molar-refractivity contribution in [2.45, 2.75) is 56.0 Å². The molecule has 0 aromatic heterocycles. The molecule has 1 aliphatic heterocycles. The van der Waals surface area contributed by atoms with Crippen molar-refractivity contribution in [3.8, 4) is 0 Å². The summed E-state index contributed by atoms with van der Waals surface area (Å²) in [4.78, 5) is 2.82. The van der Waals surface area contributed by atoms with Crippen LogP contribution in [-0.4, -0.2) is 41.6 Å². The number of hydrogen-bond donors (Lipinski definition) is 1. The first kappa shape index (κ1) is 15.4. The van der Waals surface area contributed by atoms with E-state index in [0.29, 0.717) is 6.04 Å². The van der Waals surface area contributed by atoms with Crippen LogP contribution in [0.25, 0.3) is 0 Å². The molecule has 1 saturated heterocycles. The number of nitrogens with one attached hydrogen (secondary N) is 1. The quantitative estimate of drug-likeness (QED) is 0.913. The maximum atomic E-state index is 3.77. The Kier molecular flexibility index (Phi) is 5.25. The smallest absolute Gasteiger partial charge is 0.0450 e. The summed E-state index contributed by atoms with van der Waals surface area (Å²) in [5, 5.41) is 4.65. The monoisotopic (exact) mass is 304 g/mol. The van der Waals surface area contributed by atoms with Gasteiger partial charge >= 0.3 is 0 Å². The summed E-state index contributed by atoms with van der Waals surface area (Å²) in [6, 6.07) is 13.0. The molecule has 2 aliphatic rings. The summed E-state index contributed by atoms with van der Waals surface area (Å²) < 4.78 is 0. The van der Waals surface area contributed by atoms with Gasteiger partial charge in [-0.25, -0.2) is 0 Å². The molecular weight excluding hydrogens is 276 g/mol. The van der Waals surface area contributed by atoms with E-state index in [2.05, 4.69) is 65.5 Å². The predicted molar refractivity (Wildman–Crippen MR) is 92.9 cm³/mol. The van der Waals surface area contributed by atoms with Crippen molar-refractivity contribution in [1.29, 1.82) is 0 Å². The fraction of sp³-hybridized carbons (Fsp3) is 0.667. The third-order valence-corrected chi connectivity index (χ3v) is 6.39. The Hall–Kier alpha value is -0.510. The molecule has 2 fully saturated rings. The minimum absolute atomic E-state index is 0.502. The maximum Gasteiger partial charge on any atom is 0.0450 e. The summed E-state index contributed by atoms with van der Waals surface area (Å²) in [5.74, 6) is 0. The maximum absolute atomic E-state index is 3.77. The minimum atomic E-state index is 0.502. The molecule has 1 aromatic rings. The lowest BCUT2D eigenvalue weighted by Gasteiger charge is -2.44. The third-order valence-electron chi connectivity index (χ3n) is 5.29. The van der Waals surface area contributed by atoms with Crippen molar-refractivity contribution in [3.05, 3.63) is 35.9 Å². The van der Waals surface area contributed by atoms with E-state index in [4.69, 9.17) is 0 Å². The summed E-state index contributed by atoms with van der Waals surface area (Å²) in [6.45, 7) is 4.65. The molecule has 1 aromatic carbocycles. The van der Waals surface area contributed by atoms with E-state index in [0.717, 1.165) is 23.9 Å². The normalized spacial score (nSPS) is 34.2. The first-order valence-corrected chi connectivity index (χ1v) is 9.67. The van der Waals surface area contributed by atoms with Crippen molar-refractivity contribution in [1.82, 2.24) is 10.2 Å². The first-order valence-electron chi connectivity index (χ1n) is 8.38. The van der Waals surface area contributed by atoms with Crippen molar-refractivity contribution >= 4 is 11.8 Å². The molecule has 3 heteroatoms. The van der Waals surface area contributed by atoms with Crippen LogP contribution in [-0.2, 0) is 0 Å². The molecular formula is C18H28N2S. The standard InChI is InChI=1S/C18H28N2S/c1-3-15-12-19-18(14-7-5-4-6-8-14)13-20(15)16-9-10-17(11-16)21-2/h4-8,15-19H,3,9-13H2,1-2H3. The number of hydrogen-bond acceptors (Lipinski definition) is 3.